The number of nitrogens with one attached hydrogen (secondary N) is 1. The molecule has 0 spiro atoms. The summed E-state index contributed by atoms with van der Waals surface area (Å²) in [5.41, 5.74) is 0.961. The van der Waals surface area contributed by atoms with Crippen LogP contribution in [0.2, 0.25) is 0 Å². The third-order valence-corrected chi connectivity index (χ3v) is 5.25. The summed E-state index contributed by atoms with van der Waals surface area (Å²) >= 11 is 0. The molecule has 1 heterocycles. The Morgan fingerprint density at radius 1 is 1.20 bits per heavy atom. The second kappa shape index (κ2) is 7.68. The summed E-state index contributed by atoms with van der Waals surface area (Å²) in [5.74, 6) is -1.49. The summed E-state index contributed by atoms with van der Waals surface area (Å²) < 4.78 is 0. The smallest absolute Gasteiger partial charge is 0.306 e. The normalized spacial score (nSPS) is 24.3. The van der Waals surface area contributed by atoms with E-state index >= 15 is 0 Å². The van der Waals surface area contributed by atoms with Gasteiger partial charge in [0, 0.05) is 25.4 Å². The first-order chi connectivity index (χ1) is 12.0. The van der Waals surface area contributed by atoms with Crippen molar-refractivity contribution in [1.29, 1.82) is 0 Å². The topological polar surface area (TPSA) is 86.7 Å². The van der Waals surface area contributed by atoms with Crippen molar-refractivity contribution in [3.8, 4) is 0 Å². The number of benzene rings is 1. The molecule has 25 heavy (non-hydrogen) atoms. The largest absolute Gasteiger partial charge is 0.481 e. The maximum absolute atomic E-state index is 12.6. The molecule has 6 nitrogen and oxygen atoms in total. The molecule has 2 N–H and O–H groups in total. The predicted molar refractivity (Wildman–Crippen MR) is 91.6 cm³/mol. The minimum Gasteiger partial charge on any atom is -0.481 e. The molecule has 2 amide bonds. The van der Waals surface area contributed by atoms with E-state index < -0.39 is 11.9 Å². The first-order valence-corrected chi connectivity index (χ1v) is 8.90. The number of rotatable bonds is 6. The lowest BCUT2D eigenvalue weighted by Gasteiger charge is -2.26. The van der Waals surface area contributed by atoms with E-state index in [2.05, 4.69) is 5.32 Å². The van der Waals surface area contributed by atoms with Gasteiger partial charge in [-0.2, -0.15) is 0 Å². The number of likely N-dealkylation sites (tertiary alicyclic amines) is 1. The van der Waals surface area contributed by atoms with Crippen LogP contribution >= 0.6 is 0 Å². The molecule has 0 radical (unpaired) electrons. The van der Waals surface area contributed by atoms with E-state index in [0.717, 1.165) is 18.5 Å². The second-order valence-electron chi connectivity index (χ2n) is 6.96. The van der Waals surface area contributed by atoms with E-state index in [1.165, 1.54) is 0 Å². The molecule has 1 aliphatic heterocycles. The molecule has 2 aliphatic rings. The van der Waals surface area contributed by atoms with E-state index in [4.69, 9.17) is 5.11 Å². The molecule has 3 rings (SSSR count). The van der Waals surface area contributed by atoms with Crippen molar-refractivity contribution in [1.82, 2.24) is 10.2 Å². The van der Waals surface area contributed by atoms with Crippen LogP contribution in [0.1, 0.15) is 43.7 Å². The zero-order valence-corrected chi connectivity index (χ0v) is 14.2. The Morgan fingerprint density at radius 2 is 1.92 bits per heavy atom. The Bertz CT molecular complexity index is 646. The average Bonchev–Trinajstić information content (AvgIpc) is 3.25. The number of carbonyl (C=O) groups is 3. The summed E-state index contributed by atoms with van der Waals surface area (Å²) in [6.07, 6.45) is 2.97. The van der Waals surface area contributed by atoms with Gasteiger partial charge in [-0.05, 0) is 31.2 Å². The van der Waals surface area contributed by atoms with Crippen LogP contribution in [0.5, 0.6) is 0 Å². The van der Waals surface area contributed by atoms with E-state index in [1.807, 2.05) is 30.3 Å². The molecule has 1 aromatic rings. The Morgan fingerprint density at radius 3 is 2.52 bits per heavy atom. The molecular weight excluding hydrogens is 320 g/mol. The molecule has 1 aromatic carbocycles. The highest BCUT2D eigenvalue weighted by Gasteiger charge is 2.35. The summed E-state index contributed by atoms with van der Waals surface area (Å²) in [6.45, 7) is 1.19. The van der Waals surface area contributed by atoms with Crippen molar-refractivity contribution >= 4 is 17.8 Å². The minimum atomic E-state index is -0.822. The van der Waals surface area contributed by atoms with Crippen LogP contribution in [-0.2, 0) is 14.4 Å². The number of carboxylic acid groups (broad SMARTS) is 1. The van der Waals surface area contributed by atoms with Crippen LogP contribution in [0.4, 0.5) is 0 Å². The number of nitrogens with zero attached hydrogens (tertiary/aromatic N) is 1. The lowest BCUT2D eigenvalue weighted by atomic mass is 10.0. The van der Waals surface area contributed by atoms with Crippen molar-refractivity contribution in [3.63, 3.8) is 0 Å². The van der Waals surface area contributed by atoms with Gasteiger partial charge < -0.3 is 15.3 Å². The van der Waals surface area contributed by atoms with E-state index in [1.54, 1.807) is 4.90 Å². The fourth-order valence-electron chi connectivity index (χ4n) is 3.77. The van der Waals surface area contributed by atoms with Crippen molar-refractivity contribution in [2.75, 3.05) is 13.1 Å². The summed E-state index contributed by atoms with van der Waals surface area (Å²) in [6, 6.07) is 9.37. The zero-order chi connectivity index (χ0) is 17.8. The molecule has 3 atom stereocenters. The molecule has 0 unspecified atom stereocenters. The Hall–Kier alpha value is -2.37. The van der Waals surface area contributed by atoms with Gasteiger partial charge in [-0.1, -0.05) is 30.3 Å². The molecule has 134 valence electrons. The van der Waals surface area contributed by atoms with Gasteiger partial charge in [-0.25, -0.2) is 0 Å². The fourth-order valence-corrected chi connectivity index (χ4v) is 3.77. The molecule has 6 heteroatoms. The number of carboxylic acids is 1. The fraction of sp³-hybridized carbons (Fsp3) is 0.526. The molecule has 2 fully saturated rings. The predicted octanol–water partition coefficient (Wildman–Crippen LogP) is 1.97. The standard InChI is InChI=1S/C19H24N2O4/c22-17-7-4-10-21(17)12-16(13-5-2-1-3-6-13)20-18(23)14-8-9-15(11-14)19(24)25/h1-3,5-6,14-16H,4,7-12H2,(H,20,23)(H,24,25)/t14-,15+,16+/m0/s1. The highest BCUT2D eigenvalue weighted by molar-refractivity contribution is 5.81. The van der Waals surface area contributed by atoms with Gasteiger partial charge in [0.25, 0.3) is 0 Å². The Kier molecular flexibility index (Phi) is 5.36. The van der Waals surface area contributed by atoms with Crippen LogP contribution in [0.15, 0.2) is 30.3 Å². The monoisotopic (exact) mass is 344 g/mol. The second-order valence-corrected chi connectivity index (χ2v) is 6.96. The van der Waals surface area contributed by atoms with Crippen LogP contribution in [-0.4, -0.2) is 40.9 Å². The summed E-state index contributed by atoms with van der Waals surface area (Å²) in [5, 5.41) is 12.2. The van der Waals surface area contributed by atoms with Crippen molar-refractivity contribution in [3.05, 3.63) is 35.9 Å². The highest BCUT2D eigenvalue weighted by atomic mass is 16.4. The lowest BCUT2D eigenvalue weighted by molar-refractivity contribution is -0.141. The summed E-state index contributed by atoms with van der Waals surface area (Å²) in [7, 11) is 0. The van der Waals surface area contributed by atoms with Crippen molar-refractivity contribution < 1.29 is 19.5 Å². The van der Waals surface area contributed by atoms with Gasteiger partial charge in [-0.15, -0.1) is 0 Å². The quantitative estimate of drug-likeness (QED) is 0.826. The highest BCUT2D eigenvalue weighted by Crippen LogP contribution is 2.32. The Balaban J connectivity index is 1.68. The van der Waals surface area contributed by atoms with Gasteiger partial charge in [0.15, 0.2) is 0 Å². The van der Waals surface area contributed by atoms with Gasteiger partial charge in [0.1, 0.15) is 0 Å². The average molecular weight is 344 g/mol. The molecule has 1 saturated carbocycles. The number of carbonyl (C=O) groups excluding carboxylic acids is 2. The minimum absolute atomic E-state index is 0.107. The van der Waals surface area contributed by atoms with Crippen molar-refractivity contribution in [2.24, 2.45) is 11.8 Å². The van der Waals surface area contributed by atoms with Gasteiger partial charge in [0.2, 0.25) is 11.8 Å². The van der Waals surface area contributed by atoms with Crippen LogP contribution in [0.3, 0.4) is 0 Å². The zero-order valence-electron chi connectivity index (χ0n) is 14.2. The molecule has 0 aromatic heterocycles. The Labute approximate surface area is 147 Å². The van der Waals surface area contributed by atoms with E-state index in [0.29, 0.717) is 32.2 Å². The third kappa shape index (κ3) is 4.18. The first kappa shape index (κ1) is 17.5. The van der Waals surface area contributed by atoms with Crippen LogP contribution in [0, 0.1) is 11.8 Å². The van der Waals surface area contributed by atoms with Crippen molar-refractivity contribution in [2.45, 2.75) is 38.1 Å². The number of aliphatic carboxylic acids is 1. The number of amides is 2. The molecule has 0 bridgehead atoms. The molecule has 1 saturated heterocycles. The van der Waals surface area contributed by atoms with Crippen LogP contribution < -0.4 is 5.32 Å². The SMILES string of the molecule is O=C(O)[C@@H]1CC[C@H](C(=O)N[C@H](CN2CCCC2=O)c2ccccc2)C1. The maximum Gasteiger partial charge on any atom is 0.306 e. The number of hydrogen-bond acceptors (Lipinski definition) is 3. The van der Waals surface area contributed by atoms with Gasteiger partial charge in [-0.3, -0.25) is 14.4 Å². The third-order valence-electron chi connectivity index (χ3n) is 5.25. The van der Waals surface area contributed by atoms with E-state index in [9.17, 15) is 14.4 Å². The maximum atomic E-state index is 12.6. The molecule has 1 aliphatic carbocycles. The lowest BCUT2D eigenvalue weighted by Crippen LogP contribution is -2.40. The van der Waals surface area contributed by atoms with Gasteiger partial charge in [0.05, 0.1) is 12.0 Å². The summed E-state index contributed by atoms with van der Waals surface area (Å²) in [4.78, 5) is 37.5. The van der Waals surface area contributed by atoms with Gasteiger partial charge >= 0.3 is 5.97 Å². The van der Waals surface area contributed by atoms with E-state index in [-0.39, 0.29) is 23.8 Å². The number of hydrogen-bond donors (Lipinski definition) is 2. The van der Waals surface area contributed by atoms with Crippen LogP contribution in [0.25, 0.3) is 0 Å². The first-order valence-electron chi connectivity index (χ1n) is 8.90. The molecular formula is C19H24N2O4.